The van der Waals surface area contributed by atoms with Crippen LogP contribution in [0.5, 0.6) is 0 Å². The third-order valence-corrected chi connectivity index (χ3v) is 4.82. The molecule has 1 aliphatic rings. The minimum atomic E-state index is -4.59. The normalized spacial score (nSPS) is 15.3. The van der Waals surface area contributed by atoms with Crippen molar-refractivity contribution < 1.29 is 35.9 Å². The van der Waals surface area contributed by atoms with Crippen molar-refractivity contribution in [2.24, 2.45) is 0 Å². The number of rotatable bonds is 3. The van der Waals surface area contributed by atoms with Crippen LogP contribution in [0.4, 0.5) is 26.3 Å². The van der Waals surface area contributed by atoms with Crippen LogP contribution >= 0.6 is 0 Å². The number of hydrogen-bond donors (Lipinski definition) is 0. The van der Waals surface area contributed by atoms with E-state index in [2.05, 4.69) is 0 Å². The molecule has 0 radical (unpaired) electrons. The maximum Gasteiger partial charge on any atom is 0.416 e. The molecule has 1 aliphatic heterocycles. The first kappa shape index (κ1) is 21.7. The molecule has 0 spiro atoms. The van der Waals surface area contributed by atoms with Gasteiger partial charge in [0.05, 0.1) is 11.1 Å². The van der Waals surface area contributed by atoms with E-state index in [1.54, 1.807) is 0 Å². The largest absolute Gasteiger partial charge is 0.416 e. The number of benzene rings is 2. The lowest BCUT2D eigenvalue weighted by Gasteiger charge is -2.24. The zero-order chi connectivity index (χ0) is 22.1. The van der Waals surface area contributed by atoms with Gasteiger partial charge in [0.2, 0.25) is 5.91 Å². The molecule has 4 nitrogen and oxygen atoms in total. The number of alkyl halides is 3. The van der Waals surface area contributed by atoms with Gasteiger partial charge in [0, 0.05) is 32.6 Å². The molecule has 0 aliphatic carbocycles. The number of nitrogens with zero attached hydrogens (tertiary/aromatic N) is 2. The SMILES string of the molecule is O=C1CCN(C(=O)c2ccc(F)c(F)c2F)CCN1Cc1ccccc1C(F)(F)F. The van der Waals surface area contributed by atoms with E-state index >= 15 is 0 Å². The molecule has 0 aromatic heterocycles. The van der Waals surface area contributed by atoms with Crippen molar-refractivity contribution in [1.29, 1.82) is 0 Å². The predicted octanol–water partition coefficient (Wildman–Crippen LogP) is 4.00. The highest BCUT2D eigenvalue weighted by molar-refractivity contribution is 5.95. The van der Waals surface area contributed by atoms with Gasteiger partial charge >= 0.3 is 6.18 Å². The van der Waals surface area contributed by atoms with Crippen LogP contribution in [-0.2, 0) is 17.5 Å². The summed E-state index contributed by atoms with van der Waals surface area (Å²) < 4.78 is 80.0. The Bertz CT molecular complexity index is 976. The molecule has 1 saturated heterocycles. The molecule has 0 unspecified atom stereocenters. The van der Waals surface area contributed by atoms with Gasteiger partial charge in [0.1, 0.15) is 0 Å². The Hall–Kier alpha value is -3.04. The molecular weight excluding hydrogens is 414 g/mol. The number of hydrogen-bond acceptors (Lipinski definition) is 2. The number of carbonyl (C=O) groups excluding carboxylic acids is 2. The van der Waals surface area contributed by atoms with E-state index < -0.39 is 46.6 Å². The Morgan fingerprint density at radius 1 is 0.933 bits per heavy atom. The summed E-state index contributed by atoms with van der Waals surface area (Å²) in [7, 11) is 0. The average molecular weight is 430 g/mol. The Kier molecular flexibility index (Phi) is 6.04. The maximum atomic E-state index is 13.9. The lowest BCUT2D eigenvalue weighted by molar-refractivity contribution is -0.139. The monoisotopic (exact) mass is 430 g/mol. The van der Waals surface area contributed by atoms with Crippen LogP contribution in [0.3, 0.4) is 0 Å². The first-order valence-electron chi connectivity index (χ1n) is 8.95. The van der Waals surface area contributed by atoms with Gasteiger partial charge in [0.25, 0.3) is 5.91 Å². The summed E-state index contributed by atoms with van der Waals surface area (Å²) in [5, 5.41) is 0. The second-order valence-electron chi connectivity index (χ2n) is 6.74. The quantitative estimate of drug-likeness (QED) is 0.546. The van der Waals surface area contributed by atoms with E-state index in [9.17, 15) is 35.9 Å². The van der Waals surface area contributed by atoms with Gasteiger partial charge < -0.3 is 9.80 Å². The Morgan fingerprint density at radius 2 is 1.63 bits per heavy atom. The molecule has 0 saturated carbocycles. The molecule has 1 heterocycles. The Labute approximate surface area is 167 Å². The van der Waals surface area contributed by atoms with Crippen LogP contribution in [0.1, 0.15) is 27.9 Å². The van der Waals surface area contributed by atoms with E-state index in [0.29, 0.717) is 6.07 Å². The molecule has 0 atom stereocenters. The van der Waals surface area contributed by atoms with E-state index in [1.807, 2.05) is 0 Å². The lowest BCUT2D eigenvalue weighted by atomic mass is 10.1. The van der Waals surface area contributed by atoms with Crippen molar-refractivity contribution in [2.45, 2.75) is 19.1 Å². The highest BCUT2D eigenvalue weighted by Crippen LogP contribution is 2.32. The van der Waals surface area contributed by atoms with Crippen LogP contribution in [-0.4, -0.2) is 41.2 Å². The minimum Gasteiger partial charge on any atom is -0.337 e. The number of amides is 2. The van der Waals surface area contributed by atoms with Crippen molar-refractivity contribution in [3.05, 3.63) is 70.5 Å². The van der Waals surface area contributed by atoms with Crippen molar-refractivity contribution in [3.8, 4) is 0 Å². The Balaban J connectivity index is 1.77. The molecular formula is C20H16F6N2O2. The summed E-state index contributed by atoms with van der Waals surface area (Å²) in [6.07, 6.45) is -4.79. The van der Waals surface area contributed by atoms with Gasteiger partial charge in [0.15, 0.2) is 17.5 Å². The molecule has 1 fully saturated rings. The number of carbonyl (C=O) groups is 2. The molecule has 30 heavy (non-hydrogen) atoms. The number of halogens is 6. The zero-order valence-corrected chi connectivity index (χ0v) is 15.5. The molecule has 160 valence electrons. The van der Waals surface area contributed by atoms with Crippen molar-refractivity contribution >= 4 is 11.8 Å². The fourth-order valence-electron chi connectivity index (χ4n) is 3.24. The topological polar surface area (TPSA) is 40.6 Å². The molecule has 0 N–H and O–H groups in total. The molecule has 2 aromatic carbocycles. The highest BCUT2D eigenvalue weighted by atomic mass is 19.4. The molecule has 0 bridgehead atoms. The Morgan fingerprint density at radius 3 is 2.33 bits per heavy atom. The molecule has 10 heteroatoms. The first-order chi connectivity index (χ1) is 14.1. The van der Waals surface area contributed by atoms with Gasteiger partial charge in [-0.1, -0.05) is 18.2 Å². The first-order valence-corrected chi connectivity index (χ1v) is 8.95. The van der Waals surface area contributed by atoms with Crippen LogP contribution in [0.2, 0.25) is 0 Å². The smallest absolute Gasteiger partial charge is 0.337 e. The van der Waals surface area contributed by atoms with Gasteiger partial charge in [-0.05, 0) is 23.8 Å². The molecule has 2 amide bonds. The summed E-state index contributed by atoms with van der Waals surface area (Å²) in [6.45, 7) is -0.636. The summed E-state index contributed by atoms with van der Waals surface area (Å²) in [5.74, 6) is -6.27. The van der Waals surface area contributed by atoms with Crippen molar-refractivity contribution in [3.63, 3.8) is 0 Å². The van der Waals surface area contributed by atoms with E-state index in [1.165, 1.54) is 23.1 Å². The second kappa shape index (κ2) is 8.37. The summed E-state index contributed by atoms with van der Waals surface area (Å²) >= 11 is 0. The van der Waals surface area contributed by atoms with E-state index in [-0.39, 0.29) is 38.2 Å². The van der Waals surface area contributed by atoms with Gasteiger partial charge in [-0.25, -0.2) is 13.2 Å². The predicted molar refractivity (Wildman–Crippen MR) is 93.7 cm³/mol. The van der Waals surface area contributed by atoms with E-state index in [4.69, 9.17) is 0 Å². The fourth-order valence-corrected chi connectivity index (χ4v) is 3.24. The van der Waals surface area contributed by atoms with Crippen LogP contribution in [0.15, 0.2) is 36.4 Å². The van der Waals surface area contributed by atoms with E-state index in [0.717, 1.165) is 17.0 Å². The maximum absolute atomic E-state index is 13.9. The molecule has 3 rings (SSSR count). The standard InChI is InChI=1S/C20H16F6N2O2/c21-15-6-5-13(17(22)18(15)23)19(30)27-8-7-16(29)28(10-9-27)11-12-3-1-2-4-14(12)20(24,25)26/h1-6H,7-11H2. The molecule has 2 aromatic rings. The minimum absolute atomic E-state index is 0.0928. The van der Waals surface area contributed by atoms with Crippen LogP contribution in [0.25, 0.3) is 0 Å². The summed E-state index contributed by atoms with van der Waals surface area (Å²) in [6, 6.07) is 6.27. The van der Waals surface area contributed by atoms with Crippen LogP contribution in [0, 0.1) is 17.5 Å². The van der Waals surface area contributed by atoms with Crippen molar-refractivity contribution in [1.82, 2.24) is 9.80 Å². The summed E-state index contributed by atoms with van der Waals surface area (Å²) in [5.41, 5.74) is -1.64. The lowest BCUT2D eigenvalue weighted by Crippen LogP contribution is -2.36. The van der Waals surface area contributed by atoms with Gasteiger partial charge in [-0.15, -0.1) is 0 Å². The summed E-state index contributed by atoms with van der Waals surface area (Å²) in [4.78, 5) is 27.2. The second-order valence-corrected chi connectivity index (χ2v) is 6.74. The van der Waals surface area contributed by atoms with Crippen LogP contribution < -0.4 is 0 Å². The third-order valence-electron chi connectivity index (χ3n) is 4.82. The van der Waals surface area contributed by atoms with Gasteiger partial charge in [-0.3, -0.25) is 9.59 Å². The zero-order valence-electron chi connectivity index (χ0n) is 15.5. The van der Waals surface area contributed by atoms with Gasteiger partial charge in [-0.2, -0.15) is 13.2 Å². The third kappa shape index (κ3) is 4.42. The fraction of sp³-hybridized carbons (Fsp3) is 0.300. The van der Waals surface area contributed by atoms with Crippen molar-refractivity contribution in [2.75, 3.05) is 19.6 Å². The highest BCUT2D eigenvalue weighted by Gasteiger charge is 2.34. The average Bonchev–Trinajstić information content (AvgIpc) is 2.87.